The van der Waals surface area contributed by atoms with Crippen LogP contribution in [0.25, 0.3) is 0 Å². The van der Waals surface area contributed by atoms with Crippen molar-refractivity contribution >= 4 is 11.4 Å². The Morgan fingerprint density at radius 3 is 1.79 bits per heavy atom. The number of piperazine rings is 1. The van der Waals surface area contributed by atoms with Gasteiger partial charge in [-0.25, -0.2) is 0 Å². The maximum atomic E-state index is 5.67. The van der Waals surface area contributed by atoms with Gasteiger partial charge in [0.25, 0.3) is 0 Å². The number of anilines is 2. The van der Waals surface area contributed by atoms with Gasteiger partial charge in [-0.15, -0.1) is 0 Å². The fraction of sp³-hybridized carbons (Fsp3) is 0.625. The Morgan fingerprint density at radius 2 is 1.37 bits per heavy atom. The van der Waals surface area contributed by atoms with Gasteiger partial charge in [0.15, 0.2) is 0 Å². The highest BCUT2D eigenvalue weighted by Crippen LogP contribution is 2.17. The van der Waals surface area contributed by atoms with Gasteiger partial charge in [0.1, 0.15) is 0 Å². The molecule has 0 bridgehead atoms. The minimum atomic E-state index is 0.839. The Balaban J connectivity index is 0.000000741. The zero-order valence-corrected chi connectivity index (χ0v) is 13.3. The van der Waals surface area contributed by atoms with Crippen molar-refractivity contribution in [3.8, 4) is 0 Å². The maximum absolute atomic E-state index is 5.67. The molecule has 2 N–H and O–H groups in total. The molecule has 0 unspecified atom stereocenters. The van der Waals surface area contributed by atoms with Crippen LogP contribution in [0.4, 0.5) is 11.4 Å². The average molecular weight is 265 g/mol. The topological polar surface area (TPSA) is 32.5 Å². The van der Waals surface area contributed by atoms with Crippen LogP contribution in [0, 0.1) is 0 Å². The van der Waals surface area contributed by atoms with Gasteiger partial charge < -0.3 is 15.5 Å². The second kappa shape index (κ2) is 10.7. The highest BCUT2D eigenvalue weighted by Gasteiger charge is 2.15. The minimum absolute atomic E-state index is 0.839. The molecular weight excluding hydrogens is 234 g/mol. The molecule has 3 nitrogen and oxygen atoms in total. The summed E-state index contributed by atoms with van der Waals surface area (Å²) in [7, 11) is 0. The minimum Gasteiger partial charge on any atom is -0.399 e. The first kappa shape index (κ1) is 17.8. The molecule has 0 aromatic heterocycles. The molecule has 0 spiro atoms. The van der Waals surface area contributed by atoms with E-state index in [0.717, 1.165) is 25.3 Å². The molecule has 110 valence electrons. The van der Waals surface area contributed by atoms with Crippen LogP contribution in [0.1, 0.15) is 34.6 Å². The van der Waals surface area contributed by atoms with Crippen LogP contribution in [0.2, 0.25) is 0 Å². The van der Waals surface area contributed by atoms with Crippen LogP contribution in [-0.2, 0) is 0 Å². The molecule has 0 amide bonds. The summed E-state index contributed by atoms with van der Waals surface area (Å²) < 4.78 is 0. The van der Waals surface area contributed by atoms with Gasteiger partial charge in [-0.3, -0.25) is 0 Å². The molecule has 2 rings (SSSR count). The van der Waals surface area contributed by atoms with Gasteiger partial charge in [0.05, 0.1) is 0 Å². The first-order valence-electron chi connectivity index (χ1n) is 7.62. The second-order valence-electron chi connectivity index (χ2n) is 4.01. The molecule has 1 heterocycles. The number of hydrogen-bond donors (Lipinski definition) is 1. The number of rotatable bonds is 2. The van der Waals surface area contributed by atoms with Gasteiger partial charge >= 0.3 is 0 Å². The lowest BCUT2D eigenvalue weighted by molar-refractivity contribution is 0.271. The van der Waals surface area contributed by atoms with E-state index in [1.54, 1.807) is 0 Å². The molecule has 1 aliphatic rings. The molecule has 1 fully saturated rings. The lowest BCUT2D eigenvalue weighted by Gasteiger charge is -2.35. The number of nitrogen functional groups attached to an aromatic ring is 1. The second-order valence-corrected chi connectivity index (χ2v) is 4.01. The van der Waals surface area contributed by atoms with E-state index >= 15 is 0 Å². The van der Waals surface area contributed by atoms with Crippen molar-refractivity contribution in [2.24, 2.45) is 0 Å². The van der Waals surface area contributed by atoms with Crippen molar-refractivity contribution in [2.75, 3.05) is 43.4 Å². The Bertz CT molecular complexity index is 300. The molecule has 1 aromatic carbocycles. The van der Waals surface area contributed by atoms with Gasteiger partial charge in [-0.2, -0.15) is 0 Å². The van der Waals surface area contributed by atoms with E-state index in [9.17, 15) is 0 Å². The number of nitrogens with zero attached hydrogens (tertiary/aromatic N) is 2. The third-order valence-corrected chi connectivity index (χ3v) is 3.08. The fourth-order valence-electron chi connectivity index (χ4n) is 2.01. The van der Waals surface area contributed by atoms with Gasteiger partial charge in [0, 0.05) is 37.6 Å². The van der Waals surface area contributed by atoms with E-state index in [0.29, 0.717) is 0 Å². The number of nitrogens with two attached hydrogens (primary N) is 1. The molecular formula is C16H31N3. The summed E-state index contributed by atoms with van der Waals surface area (Å²) in [6.45, 7) is 16.0. The molecule has 0 aliphatic carbocycles. The molecule has 19 heavy (non-hydrogen) atoms. The monoisotopic (exact) mass is 265 g/mol. The Hall–Kier alpha value is -1.22. The Labute approximate surface area is 119 Å². The van der Waals surface area contributed by atoms with Gasteiger partial charge in [0.2, 0.25) is 0 Å². The average Bonchev–Trinajstić information content (AvgIpc) is 2.52. The van der Waals surface area contributed by atoms with Crippen molar-refractivity contribution in [1.29, 1.82) is 0 Å². The van der Waals surface area contributed by atoms with E-state index < -0.39 is 0 Å². The van der Waals surface area contributed by atoms with E-state index in [1.165, 1.54) is 18.8 Å². The molecule has 1 aromatic rings. The lowest BCUT2D eigenvalue weighted by Crippen LogP contribution is -2.46. The summed E-state index contributed by atoms with van der Waals surface area (Å²) in [6, 6.07) is 8.16. The Morgan fingerprint density at radius 1 is 0.895 bits per heavy atom. The van der Waals surface area contributed by atoms with Crippen molar-refractivity contribution in [3.05, 3.63) is 24.3 Å². The predicted octanol–water partition coefficient (Wildman–Crippen LogP) is 3.46. The largest absolute Gasteiger partial charge is 0.399 e. The van der Waals surface area contributed by atoms with Crippen LogP contribution in [0.15, 0.2) is 24.3 Å². The normalized spacial score (nSPS) is 14.9. The summed E-state index contributed by atoms with van der Waals surface area (Å²) in [6.07, 6.45) is 0. The maximum Gasteiger partial charge on any atom is 0.0368 e. The molecule has 1 saturated heterocycles. The van der Waals surface area contributed by atoms with Crippen molar-refractivity contribution in [3.63, 3.8) is 0 Å². The quantitative estimate of drug-likeness (QED) is 0.831. The third kappa shape index (κ3) is 5.97. The van der Waals surface area contributed by atoms with Crippen molar-refractivity contribution < 1.29 is 0 Å². The van der Waals surface area contributed by atoms with Gasteiger partial charge in [-0.05, 0) is 30.8 Å². The highest BCUT2D eigenvalue weighted by molar-refractivity contribution is 5.53. The predicted molar refractivity (Wildman–Crippen MR) is 87.9 cm³/mol. The van der Waals surface area contributed by atoms with Crippen LogP contribution < -0.4 is 10.6 Å². The fourth-order valence-corrected chi connectivity index (χ4v) is 2.01. The van der Waals surface area contributed by atoms with Crippen LogP contribution in [-0.4, -0.2) is 37.6 Å². The first-order valence-corrected chi connectivity index (χ1v) is 7.62. The van der Waals surface area contributed by atoms with Crippen molar-refractivity contribution in [1.82, 2.24) is 4.90 Å². The van der Waals surface area contributed by atoms with E-state index in [4.69, 9.17) is 5.73 Å². The van der Waals surface area contributed by atoms with E-state index in [1.807, 2.05) is 39.8 Å². The summed E-state index contributed by atoms with van der Waals surface area (Å²) in [5.41, 5.74) is 7.80. The van der Waals surface area contributed by atoms with Crippen LogP contribution >= 0.6 is 0 Å². The standard InChI is InChI=1S/C12H19N3.2C2H6/c1-2-14-7-9-15(10-8-14)12-5-3-11(13)4-6-12;2*1-2/h3-6H,2,7-10,13H2,1H3;2*1-2H3. The smallest absolute Gasteiger partial charge is 0.0368 e. The summed E-state index contributed by atoms with van der Waals surface area (Å²) in [4.78, 5) is 4.90. The zero-order chi connectivity index (χ0) is 14.7. The molecule has 3 heteroatoms. The third-order valence-electron chi connectivity index (χ3n) is 3.08. The summed E-state index contributed by atoms with van der Waals surface area (Å²) >= 11 is 0. The van der Waals surface area contributed by atoms with Crippen LogP contribution in [0.3, 0.4) is 0 Å². The van der Waals surface area contributed by atoms with Crippen LogP contribution in [0.5, 0.6) is 0 Å². The van der Waals surface area contributed by atoms with Crippen molar-refractivity contribution in [2.45, 2.75) is 34.6 Å². The number of hydrogen-bond acceptors (Lipinski definition) is 3. The van der Waals surface area contributed by atoms with E-state index in [-0.39, 0.29) is 0 Å². The molecule has 0 radical (unpaired) electrons. The van der Waals surface area contributed by atoms with E-state index in [2.05, 4.69) is 28.9 Å². The number of benzene rings is 1. The first-order chi connectivity index (χ1) is 9.29. The lowest BCUT2D eigenvalue weighted by atomic mass is 10.2. The molecule has 0 atom stereocenters. The molecule has 0 saturated carbocycles. The highest BCUT2D eigenvalue weighted by atomic mass is 15.3. The zero-order valence-electron chi connectivity index (χ0n) is 13.3. The molecule has 1 aliphatic heterocycles. The summed E-state index contributed by atoms with van der Waals surface area (Å²) in [5, 5.41) is 0. The SMILES string of the molecule is CC.CC.CCN1CCN(c2ccc(N)cc2)CC1. The Kier molecular flexibility index (Phi) is 9.99. The summed E-state index contributed by atoms with van der Waals surface area (Å²) in [5.74, 6) is 0. The number of likely N-dealkylation sites (N-methyl/N-ethyl adjacent to an activating group) is 1. The van der Waals surface area contributed by atoms with Gasteiger partial charge in [-0.1, -0.05) is 34.6 Å².